The summed E-state index contributed by atoms with van der Waals surface area (Å²) in [5, 5.41) is 9.13. The molecule has 0 unspecified atom stereocenters. The second-order valence-corrected chi connectivity index (χ2v) is 24.5. The van der Waals surface area contributed by atoms with E-state index in [1.165, 1.54) is 6.20 Å². The summed E-state index contributed by atoms with van der Waals surface area (Å²) in [5.41, 5.74) is 0.756. The van der Waals surface area contributed by atoms with Crippen LogP contribution in [0.3, 0.4) is 0 Å². The minimum absolute atomic E-state index is 0.0210. The summed E-state index contributed by atoms with van der Waals surface area (Å²) < 4.78 is 171. The topological polar surface area (TPSA) is 341 Å². The molecule has 0 aliphatic carbocycles. The van der Waals surface area contributed by atoms with Gasteiger partial charge in [-0.3, -0.25) is 27.6 Å². The summed E-state index contributed by atoms with van der Waals surface area (Å²) in [6, 6.07) is 6.90. The Balaban J connectivity index is 1.41. The van der Waals surface area contributed by atoms with E-state index in [9.17, 15) is 69.6 Å². The first-order chi connectivity index (χ1) is 31.2. The summed E-state index contributed by atoms with van der Waals surface area (Å²) in [4.78, 5) is 19.5. The van der Waals surface area contributed by atoms with E-state index in [1.54, 1.807) is 46.0 Å². The molecule has 0 atom stereocenters. The highest BCUT2D eigenvalue weighted by molar-refractivity contribution is 7.87. The quantitative estimate of drug-likeness (QED) is 0.0550. The number of amidine groups is 1. The summed E-state index contributed by atoms with van der Waals surface area (Å²) in [5.74, 6) is -0.761. The number of fused-ring (bicyclic) bond motifs is 2. The number of carboxylic acid groups (broad SMARTS) is 1. The van der Waals surface area contributed by atoms with Crippen LogP contribution in [-0.2, 0) is 67.3 Å². The van der Waals surface area contributed by atoms with Crippen molar-refractivity contribution >= 4 is 79.5 Å². The molecule has 4 heterocycles. The number of carbonyl (C=O) groups is 1. The molecule has 6 rings (SSSR count). The largest absolute Gasteiger partial charge is 0.481 e. The van der Waals surface area contributed by atoms with Gasteiger partial charge < -0.3 is 10.0 Å². The van der Waals surface area contributed by atoms with Crippen LogP contribution in [0.15, 0.2) is 120 Å². The second-order valence-electron chi connectivity index (χ2n) is 17.2. The van der Waals surface area contributed by atoms with Crippen molar-refractivity contribution in [2.45, 2.75) is 91.3 Å². The van der Waals surface area contributed by atoms with Crippen LogP contribution in [0.1, 0.15) is 70.9 Å². The maximum atomic E-state index is 12.2. The molecule has 0 amide bonds. The van der Waals surface area contributed by atoms with Gasteiger partial charge in [0.2, 0.25) is 0 Å². The molecule has 3 aromatic rings. The first-order valence-corrected chi connectivity index (χ1v) is 27.8. The van der Waals surface area contributed by atoms with Gasteiger partial charge in [-0.25, -0.2) is 9.56 Å². The van der Waals surface area contributed by atoms with Crippen LogP contribution in [0.2, 0.25) is 0 Å². The monoisotopic (exact) mass is 1040 g/mol. The van der Waals surface area contributed by atoms with Crippen LogP contribution in [0.5, 0.6) is 0 Å². The molecule has 21 nitrogen and oxygen atoms in total. The fraction of sp³-hybridized carbons (Fsp3) is 0.333. The zero-order valence-electron chi connectivity index (χ0n) is 36.7. The Morgan fingerprint density at radius 2 is 1.22 bits per heavy atom. The molecule has 0 saturated heterocycles. The minimum Gasteiger partial charge on any atom is -0.481 e. The van der Waals surface area contributed by atoms with Crippen LogP contribution in [0, 0.1) is 5.41 Å². The molecule has 3 aliphatic heterocycles. The number of benzene rings is 2. The highest BCUT2D eigenvalue weighted by atomic mass is 32.2. The molecule has 2 aromatic carbocycles. The lowest BCUT2D eigenvalue weighted by atomic mass is 9.79. The molecule has 3 aliphatic rings. The number of hydrogen-bond donors (Lipinski definition) is 6. The number of hydrogen-bond acceptors (Lipinski definition) is 14. The third-order valence-corrected chi connectivity index (χ3v) is 15.6. The maximum absolute atomic E-state index is 12.2. The Kier molecular flexibility index (Phi) is 14.2. The maximum Gasteiger partial charge on any atom is 0.327 e. The summed E-state index contributed by atoms with van der Waals surface area (Å²) in [6.45, 7) is 7.58. The van der Waals surface area contributed by atoms with Gasteiger partial charge in [-0.15, -0.1) is 0 Å². The van der Waals surface area contributed by atoms with Gasteiger partial charge in [0.1, 0.15) is 5.84 Å². The lowest BCUT2D eigenvalue weighted by molar-refractivity contribution is -0.683. The zero-order valence-corrected chi connectivity index (χ0v) is 40.7. The predicted molar refractivity (Wildman–Crippen MR) is 246 cm³/mol. The number of aliphatic carboxylic acids is 1. The average Bonchev–Trinajstić information content (AvgIpc) is 3.62. The van der Waals surface area contributed by atoms with Crippen molar-refractivity contribution in [2.24, 2.45) is 15.4 Å². The van der Waals surface area contributed by atoms with Gasteiger partial charge in [-0.1, -0.05) is 26.3 Å². The van der Waals surface area contributed by atoms with Crippen LogP contribution in [0.25, 0.3) is 16.7 Å². The van der Waals surface area contributed by atoms with Gasteiger partial charge in [-0.2, -0.15) is 42.1 Å². The van der Waals surface area contributed by atoms with E-state index in [4.69, 9.17) is 15.1 Å². The van der Waals surface area contributed by atoms with E-state index >= 15 is 0 Å². The number of nitrogens with zero attached hydrogens (tertiary/aromatic N) is 4. The van der Waals surface area contributed by atoms with Gasteiger partial charge >= 0.3 is 11.8 Å². The number of aryl methyl sites for hydroxylation is 1. The number of aliphatic imine (C=N–C) groups is 2. The van der Waals surface area contributed by atoms with E-state index in [0.29, 0.717) is 77.7 Å². The van der Waals surface area contributed by atoms with Crippen LogP contribution < -0.4 is 4.57 Å². The Morgan fingerprint density at radius 1 is 0.676 bits per heavy atom. The van der Waals surface area contributed by atoms with Crippen molar-refractivity contribution < 1.29 is 79.3 Å². The third kappa shape index (κ3) is 11.8. The Bertz CT molecular complexity index is 3310. The van der Waals surface area contributed by atoms with E-state index in [1.807, 2.05) is 27.7 Å². The highest BCUT2D eigenvalue weighted by Gasteiger charge is 2.44. The van der Waals surface area contributed by atoms with Gasteiger partial charge in [-0.05, 0) is 109 Å². The van der Waals surface area contributed by atoms with Crippen LogP contribution >= 0.6 is 0 Å². The normalized spacial score (nSPS) is 17.7. The minimum atomic E-state index is -4.98. The fourth-order valence-corrected chi connectivity index (χ4v) is 10.7. The zero-order chi connectivity index (χ0) is 50.6. The van der Waals surface area contributed by atoms with Crippen LogP contribution in [0.4, 0.5) is 5.82 Å². The van der Waals surface area contributed by atoms with Gasteiger partial charge in [0, 0.05) is 42.1 Å². The van der Waals surface area contributed by atoms with Crippen molar-refractivity contribution in [3.05, 3.63) is 102 Å². The molecule has 0 radical (unpaired) electrons. The Morgan fingerprint density at radius 3 is 1.74 bits per heavy atom. The molecule has 366 valence electrons. The lowest BCUT2D eigenvalue weighted by Crippen LogP contribution is -2.36. The predicted octanol–water partition coefficient (Wildman–Crippen LogP) is 5.08. The van der Waals surface area contributed by atoms with E-state index in [-0.39, 0.29) is 36.1 Å². The smallest absolute Gasteiger partial charge is 0.327 e. The number of carboxylic acids is 1. The number of aromatic nitrogens is 1. The van der Waals surface area contributed by atoms with Crippen molar-refractivity contribution in [1.29, 1.82) is 0 Å². The fourth-order valence-electron chi connectivity index (χ4n) is 7.84. The third-order valence-electron chi connectivity index (χ3n) is 11.5. The number of unbranched alkanes of at least 4 members (excludes halogenated alkanes) is 2. The summed E-state index contributed by atoms with van der Waals surface area (Å²) in [6.07, 6.45) is 11.0. The molecule has 26 heteroatoms. The van der Waals surface area contributed by atoms with Crippen molar-refractivity contribution in [3.63, 3.8) is 0 Å². The highest BCUT2D eigenvalue weighted by Crippen LogP contribution is 2.47. The molecule has 6 N–H and O–H groups in total. The number of allylic oxidation sites excluding steroid dienone is 6. The average molecular weight is 1040 g/mol. The van der Waals surface area contributed by atoms with Gasteiger partial charge in [0.25, 0.3) is 50.6 Å². The van der Waals surface area contributed by atoms with Crippen LogP contribution in [-0.4, -0.2) is 105 Å². The molecule has 0 saturated carbocycles. The molecular formula is C42H47N4O17S5+. The lowest BCUT2D eigenvalue weighted by Gasteiger charge is -2.31. The van der Waals surface area contributed by atoms with Gasteiger partial charge in [0.05, 0.1) is 54.8 Å². The number of rotatable bonds is 18. The first-order valence-electron chi connectivity index (χ1n) is 20.4. The molecule has 68 heavy (non-hydrogen) atoms. The van der Waals surface area contributed by atoms with E-state index in [0.717, 1.165) is 24.3 Å². The molecular weight excluding hydrogens is 993 g/mol. The summed E-state index contributed by atoms with van der Waals surface area (Å²) >= 11 is 0. The Hall–Kier alpha value is -5.29. The Labute approximate surface area is 393 Å². The van der Waals surface area contributed by atoms with Gasteiger partial charge in [0.15, 0.2) is 5.71 Å². The van der Waals surface area contributed by atoms with Crippen molar-refractivity contribution in [1.82, 2.24) is 4.90 Å². The van der Waals surface area contributed by atoms with E-state index in [2.05, 4.69) is 0 Å². The molecule has 0 fully saturated rings. The summed E-state index contributed by atoms with van der Waals surface area (Å²) in [7, 11) is -24.2. The molecule has 0 spiro atoms. The number of pyridine rings is 1. The standard InChI is InChI=1S/C42H46N4O17S5/c1-41(2)34-20-28(26-16-30(65(52,53)54)22-31(17-26)66(55,56)57)24-45(13-7-5-6-12-38(47)48)39(34)43-36(41)10-8-11-37-42(3,4)35-21-29(25-46(40(35)44-37)14-9-15-64(49,50)51)27-18-32(67(58,59)60)23-33(19-27)68(61,62)63/h8,10-11,16-25H,5-7,9,12-15H2,1-4H3,(H5-,47,48,49,50,51,52,53,54,55,56,57,58,59,60,61,62,63)/p+1. The SMILES string of the molecule is CC1(C)C2=CC(c3cc(S(=O)(=O)O)cc(S(=O)(=O)O)c3)=CN(CCCCCC(=O)O)C2=N/C1=C\C=C\C1=Nc2c(cc(-c3cc(S(=O)(=O)O)cc(S(=O)(=O)O)c3)c[n+]2CCCS(=O)(=O)O)C1(C)C. The molecule has 0 bridgehead atoms. The van der Waals surface area contributed by atoms with Crippen molar-refractivity contribution in [2.75, 3.05) is 12.3 Å². The van der Waals surface area contributed by atoms with Crippen molar-refractivity contribution in [3.8, 4) is 11.1 Å². The molecule has 1 aromatic heterocycles. The van der Waals surface area contributed by atoms with E-state index < -0.39 is 92.7 Å². The second kappa shape index (κ2) is 18.6. The first kappa shape index (κ1) is 52.1.